The fourth-order valence-electron chi connectivity index (χ4n) is 2.21. The fourth-order valence-corrected chi connectivity index (χ4v) is 2.21. The van der Waals surface area contributed by atoms with Gasteiger partial charge in [0.25, 0.3) is 0 Å². The van der Waals surface area contributed by atoms with Gasteiger partial charge >= 0.3 is 0 Å². The maximum absolute atomic E-state index is 5.38. The highest BCUT2D eigenvalue weighted by molar-refractivity contribution is 5.28. The first-order valence-corrected chi connectivity index (χ1v) is 6.59. The largest absolute Gasteiger partial charge is 0.493 e. The van der Waals surface area contributed by atoms with Crippen molar-refractivity contribution in [3.8, 4) is 5.75 Å². The summed E-state index contributed by atoms with van der Waals surface area (Å²) in [7, 11) is 1.72. The number of hydrogen-bond donors (Lipinski definition) is 1. The lowest BCUT2D eigenvalue weighted by atomic mass is 10.0. The smallest absolute Gasteiger partial charge is 0.160 e. The third-order valence-corrected chi connectivity index (χ3v) is 3.42. The summed E-state index contributed by atoms with van der Waals surface area (Å²) >= 11 is 0. The minimum Gasteiger partial charge on any atom is -0.493 e. The van der Waals surface area contributed by atoms with Crippen molar-refractivity contribution in [3.05, 3.63) is 11.9 Å². The van der Waals surface area contributed by atoms with E-state index in [2.05, 4.69) is 24.3 Å². The molecule has 0 saturated heterocycles. The number of aromatic nitrogens is 2. The van der Waals surface area contributed by atoms with Gasteiger partial charge in [0.05, 0.1) is 19.0 Å². The molecule has 1 aliphatic carbocycles. The van der Waals surface area contributed by atoms with Crippen LogP contribution in [0.5, 0.6) is 5.75 Å². The average Bonchev–Trinajstić information content (AvgIpc) is 3.06. The van der Waals surface area contributed by atoms with Gasteiger partial charge in [0.15, 0.2) is 5.75 Å². The summed E-state index contributed by atoms with van der Waals surface area (Å²) in [6.07, 6.45) is 5.66. The Labute approximate surface area is 103 Å². The minimum absolute atomic E-state index is 0.485. The second-order valence-corrected chi connectivity index (χ2v) is 4.83. The molecule has 0 aromatic carbocycles. The maximum Gasteiger partial charge on any atom is 0.160 e. The summed E-state index contributed by atoms with van der Waals surface area (Å²) in [4.78, 5) is 0. The summed E-state index contributed by atoms with van der Waals surface area (Å²) in [5, 5.41) is 7.91. The Morgan fingerprint density at radius 1 is 1.59 bits per heavy atom. The van der Waals surface area contributed by atoms with Gasteiger partial charge in [-0.1, -0.05) is 6.92 Å². The molecule has 4 nitrogen and oxygen atoms in total. The molecule has 17 heavy (non-hydrogen) atoms. The summed E-state index contributed by atoms with van der Waals surface area (Å²) in [5.41, 5.74) is 1.23. The minimum atomic E-state index is 0.485. The Hall–Kier alpha value is -1.03. The van der Waals surface area contributed by atoms with Crippen LogP contribution < -0.4 is 10.1 Å². The topological polar surface area (TPSA) is 39.1 Å². The van der Waals surface area contributed by atoms with Crippen molar-refractivity contribution in [3.63, 3.8) is 0 Å². The normalized spacial score (nSPS) is 17.1. The van der Waals surface area contributed by atoms with E-state index in [1.807, 2.05) is 10.9 Å². The average molecular weight is 237 g/mol. The van der Waals surface area contributed by atoms with Crippen molar-refractivity contribution >= 4 is 0 Å². The Balaban J connectivity index is 1.94. The van der Waals surface area contributed by atoms with Crippen LogP contribution in [0.2, 0.25) is 0 Å². The second-order valence-electron chi connectivity index (χ2n) is 4.83. The maximum atomic E-state index is 5.38. The zero-order chi connectivity index (χ0) is 12.3. The molecule has 1 saturated carbocycles. The highest BCUT2D eigenvalue weighted by Crippen LogP contribution is 2.28. The van der Waals surface area contributed by atoms with E-state index in [9.17, 15) is 0 Å². The number of ether oxygens (including phenoxy) is 1. The zero-order valence-corrected chi connectivity index (χ0v) is 11.1. The first kappa shape index (κ1) is 12.4. The fraction of sp³-hybridized carbons (Fsp3) is 0.769. The van der Waals surface area contributed by atoms with Crippen molar-refractivity contribution in [1.29, 1.82) is 0 Å². The van der Waals surface area contributed by atoms with Gasteiger partial charge in [0.1, 0.15) is 0 Å². The number of methoxy groups -OCH3 is 1. The molecule has 0 bridgehead atoms. The predicted octanol–water partition coefficient (Wildman–Crippen LogP) is 2.16. The first-order valence-electron chi connectivity index (χ1n) is 6.59. The molecular formula is C13H23N3O. The summed E-state index contributed by atoms with van der Waals surface area (Å²) in [5.74, 6) is 1.41. The molecule has 0 aliphatic heterocycles. The summed E-state index contributed by atoms with van der Waals surface area (Å²) in [6.45, 7) is 6.36. The highest BCUT2D eigenvalue weighted by atomic mass is 16.5. The summed E-state index contributed by atoms with van der Waals surface area (Å²) < 4.78 is 7.43. The van der Waals surface area contributed by atoms with E-state index in [1.54, 1.807) is 7.11 Å². The van der Waals surface area contributed by atoms with Crippen LogP contribution in [-0.2, 0) is 6.54 Å². The Bertz CT molecular complexity index is 336. The van der Waals surface area contributed by atoms with Crippen LogP contribution in [-0.4, -0.2) is 29.5 Å². The van der Waals surface area contributed by atoms with Crippen LogP contribution in [0.4, 0.5) is 0 Å². The highest BCUT2D eigenvalue weighted by Gasteiger charge is 2.21. The third kappa shape index (κ3) is 3.00. The number of nitrogens with one attached hydrogen (secondary N) is 1. The van der Waals surface area contributed by atoms with Crippen molar-refractivity contribution in [2.24, 2.45) is 0 Å². The van der Waals surface area contributed by atoms with Crippen LogP contribution in [0.25, 0.3) is 0 Å². The van der Waals surface area contributed by atoms with Crippen molar-refractivity contribution in [2.45, 2.75) is 51.6 Å². The SMILES string of the molecule is CCn1ncc(OC)c1C(C)CCNC1CC1. The number of rotatable bonds is 7. The van der Waals surface area contributed by atoms with E-state index in [0.717, 1.165) is 31.3 Å². The lowest BCUT2D eigenvalue weighted by molar-refractivity contribution is 0.400. The van der Waals surface area contributed by atoms with Gasteiger partial charge in [-0.25, -0.2) is 0 Å². The van der Waals surface area contributed by atoms with Gasteiger partial charge in [-0.3, -0.25) is 4.68 Å². The van der Waals surface area contributed by atoms with E-state index in [-0.39, 0.29) is 0 Å². The number of hydrogen-bond acceptors (Lipinski definition) is 3. The molecule has 1 aromatic heterocycles. The molecule has 0 amide bonds. The lowest BCUT2D eigenvalue weighted by Gasteiger charge is -2.15. The lowest BCUT2D eigenvalue weighted by Crippen LogP contribution is -2.20. The van der Waals surface area contributed by atoms with Crippen LogP contribution in [0.3, 0.4) is 0 Å². The van der Waals surface area contributed by atoms with Gasteiger partial charge in [-0.15, -0.1) is 0 Å². The molecule has 1 heterocycles. The van der Waals surface area contributed by atoms with E-state index >= 15 is 0 Å². The van der Waals surface area contributed by atoms with Crippen molar-refractivity contribution in [1.82, 2.24) is 15.1 Å². The Morgan fingerprint density at radius 3 is 2.94 bits per heavy atom. The second kappa shape index (κ2) is 5.54. The molecule has 1 aliphatic rings. The van der Waals surface area contributed by atoms with E-state index < -0.39 is 0 Å². The van der Waals surface area contributed by atoms with Crippen LogP contribution in [0.1, 0.15) is 44.7 Å². The third-order valence-electron chi connectivity index (χ3n) is 3.42. The summed E-state index contributed by atoms with van der Waals surface area (Å²) in [6, 6.07) is 0.792. The van der Waals surface area contributed by atoms with E-state index in [4.69, 9.17) is 4.74 Å². The van der Waals surface area contributed by atoms with Crippen LogP contribution in [0.15, 0.2) is 6.20 Å². The molecule has 0 spiro atoms. The zero-order valence-electron chi connectivity index (χ0n) is 11.1. The predicted molar refractivity (Wildman–Crippen MR) is 68.5 cm³/mol. The standard InChI is InChI=1S/C13H23N3O/c1-4-16-13(12(17-3)9-15-16)10(2)7-8-14-11-5-6-11/h9-11,14H,4-8H2,1-3H3. The first-order chi connectivity index (χ1) is 8.26. The Morgan fingerprint density at radius 2 is 2.35 bits per heavy atom. The van der Waals surface area contributed by atoms with Gasteiger partial charge < -0.3 is 10.1 Å². The van der Waals surface area contributed by atoms with Gasteiger partial charge in [0, 0.05) is 18.5 Å². The molecule has 2 rings (SSSR count). The molecule has 1 unspecified atom stereocenters. The van der Waals surface area contributed by atoms with Gasteiger partial charge in [-0.2, -0.15) is 5.10 Å². The van der Waals surface area contributed by atoms with Gasteiger partial charge in [-0.05, 0) is 32.7 Å². The molecule has 0 radical (unpaired) electrons. The van der Waals surface area contributed by atoms with Gasteiger partial charge in [0.2, 0.25) is 0 Å². The quantitative estimate of drug-likeness (QED) is 0.790. The number of aryl methyl sites for hydroxylation is 1. The van der Waals surface area contributed by atoms with E-state index in [0.29, 0.717) is 5.92 Å². The molecule has 1 fully saturated rings. The molecular weight excluding hydrogens is 214 g/mol. The van der Waals surface area contributed by atoms with E-state index in [1.165, 1.54) is 18.5 Å². The van der Waals surface area contributed by atoms with Crippen LogP contribution >= 0.6 is 0 Å². The monoisotopic (exact) mass is 237 g/mol. The molecule has 4 heteroatoms. The molecule has 1 N–H and O–H groups in total. The Kier molecular flexibility index (Phi) is 4.05. The molecule has 96 valence electrons. The van der Waals surface area contributed by atoms with Crippen molar-refractivity contribution < 1.29 is 4.74 Å². The molecule has 1 atom stereocenters. The van der Waals surface area contributed by atoms with Crippen molar-refractivity contribution in [2.75, 3.05) is 13.7 Å². The number of nitrogens with zero attached hydrogens (tertiary/aromatic N) is 2. The molecule has 1 aromatic rings. The van der Waals surface area contributed by atoms with Crippen LogP contribution in [0, 0.1) is 0 Å².